The fourth-order valence-electron chi connectivity index (χ4n) is 5.02. The van der Waals surface area contributed by atoms with Crippen LogP contribution in [-0.4, -0.2) is 21.5 Å². The number of nitrogens with zero attached hydrogens (tertiary/aromatic N) is 2. The molecule has 0 aliphatic heterocycles. The summed E-state index contributed by atoms with van der Waals surface area (Å²) < 4.78 is 17.8. The van der Waals surface area contributed by atoms with Crippen LogP contribution < -0.4 is 16.6 Å². The highest BCUT2D eigenvalue weighted by Crippen LogP contribution is 2.32. The van der Waals surface area contributed by atoms with Crippen molar-refractivity contribution in [1.29, 1.82) is 0 Å². The molecule has 1 N–H and O–H groups in total. The van der Waals surface area contributed by atoms with E-state index < -0.39 is 11.4 Å². The molecule has 0 bridgehead atoms. The maximum atomic E-state index is 15.0. The first-order valence-electron chi connectivity index (χ1n) is 11.3. The Labute approximate surface area is 175 Å². The Balaban J connectivity index is 1.83. The van der Waals surface area contributed by atoms with E-state index in [4.69, 9.17) is 0 Å². The zero-order valence-electron chi connectivity index (χ0n) is 17.4. The lowest BCUT2D eigenvalue weighted by Gasteiger charge is -2.25. The highest BCUT2D eigenvalue weighted by molar-refractivity contribution is 5.82. The Morgan fingerprint density at radius 3 is 2.43 bits per heavy atom. The highest BCUT2D eigenvalue weighted by atomic mass is 19.1. The Morgan fingerprint density at radius 2 is 1.73 bits per heavy atom. The molecular formula is C23H30FN3O3. The number of aromatic nitrogens is 2. The third kappa shape index (κ3) is 4.07. The molecule has 2 fully saturated rings. The van der Waals surface area contributed by atoms with Crippen LogP contribution in [-0.2, 0) is 11.3 Å². The van der Waals surface area contributed by atoms with E-state index in [9.17, 15) is 18.8 Å². The smallest absolute Gasteiger partial charge is 0.331 e. The van der Waals surface area contributed by atoms with Crippen molar-refractivity contribution >= 4 is 22.9 Å². The lowest BCUT2D eigenvalue weighted by molar-refractivity contribution is -0.107. The SMILES string of the molecule is O=CCCCn1c(=O)c2cc(F)c(NC3CCCCC3)cc2n(C2CCCC2)c1=O. The van der Waals surface area contributed by atoms with Crippen LogP contribution >= 0.6 is 0 Å². The second-order valence-corrected chi connectivity index (χ2v) is 8.69. The van der Waals surface area contributed by atoms with Gasteiger partial charge in [-0.2, -0.15) is 0 Å². The average molecular weight is 416 g/mol. The minimum atomic E-state index is -0.474. The number of hydrogen-bond acceptors (Lipinski definition) is 4. The molecule has 7 heteroatoms. The van der Waals surface area contributed by atoms with Gasteiger partial charge in [-0.15, -0.1) is 0 Å². The van der Waals surface area contributed by atoms with Crippen molar-refractivity contribution in [1.82, 2.24) is 9.13 Å². The summed E-state index contributed by atoms with van der Waals surface area (Å²) in [4.78, 5) is 37.0. The van der Waals surface area contributed by atoms with Gasteiger partial charge < -0.3 is 10.1 Å². The Hall–Kier alpha value is -2.44. The molecule has 0 amide bonds. The van der Waals surface area contributed by atoms with Gasteiger partial charge in [-0.3, -0.25) is 13.9 Å². The highest BCUT2D eigenvalue weighted by Gasteiger charge is 2.24. The number of benzene rings is 1. The van der Waals surface area contributed by atoms with E-state index in [1.807, 2.05) is 0 Å². The number of rotatable bonds is 7. The Morgan fingerprint density at radius 1 is 1.03 bits per heavy atom. The van der Waals surface area contributed by atoms with Gasteiger partial charge in [0.2, 0.25) is 0 Å². The van der Waals surface area contributed by atoms with E-state index in [2.05, 4.69) is 5.32 Å². The van der Waals surface area contributed by atoms with E-state index in [0.29, 0.717) is 17.6 Å². The van der Waals surface area contributed by atoms with Gasteiger partial charge in [-0.1, -0.05) is 32.1 Å². The minimum absolute atomic E-state index is 0.0194. The summed E-state index contributed by atoms with van der Waals surface area (Å²) in [6, 6.07) is 3.19. The second kappa shape index (κ2) is 9.14. The van der Waals surface area contributed by atoms with Gasteiger partial charge in [0.05, 0.1) is 16.6 Å². The van der Waals surface area contributed by atoms with Crippen molar-refractivity contribution in [3.8, 4) is 0 Å². The van der Waals surface area contributed by atoms with Crippen LogP contribution in [0.1, 0.15) is 76.7 Å². The molecule has 1 aromatic heterocycles. The van der Waals surface area contributed by atoms with Crippen LogP contribution in [0.3, 0.4) is 0 Å². The second-order valence-electron chi connectivity index (χ2n) is 8.69. The van der Waals surface area contributed by atoms with Crippen molar-refractivity contribution in [3.05, 3.63) is 38.8 Å². The zero-order chi connectivity index (χ0) is 21.1. The largest absolute Gasteiger partial charge is 0.380 e. The maximum Gasteiger partial charge on any atom is 0.331 e. The molecule has 1 heterocycles. The molecule has 0 radical (unpaired) electrons. The summed E-state index contributed by atoms with van der Waals surface area (Å²) >= 11 is 0. The number of carbonyl (C=O) groups is 1. The molecule has 0 spiro atoms. The zero-order valence-corrected chi connectivity index (χ0v) is 17.4. The molecule has 0 unspecified atom stereocenters. The van der Waals surface area contributed by atoms with Crippen LogP contribution in [0.4, 0.5) is 10.1 Å². The molecule has 6 nitrogen and oxygen atoms in total. The fourth-order valence-corrected chi connectivity index (χ4v) is 5.02. The molecule has 0 saturated heterocycles. The maximum absolute atomic E-state index is 15.0. The number of halogens is 1. The Kier molecular flexibility index (Phi) is 6.35. The number of carbonyl (C=O) groups excluding carboxylic acids is 1. The van der Waals surface area contributed by atoms with Crippen LogP contribution in [0.15, 0.2) is 21.7 Å². The lowest BCUT2D eigenvalue weighted by Crippen LogP contribution is -2.41. The molecular weight excluding hydrogens is 385 g/mol. The lowest BCUT2D eigenvalue weighted by atomic mass is 9.95. The third-order valence-corrected chi connectivity index (χ3v) is 6.62. The first kappa shape index (κ1) is 20.8. The summed E-state index contributed by atoms with van der Waals surface area (Å²) in [5.74, 6) is -0.457. The van der Waals surface area contributed by atoms with E-state index in [-0.39, 0.29) is 36.1 Å². The van der Waals surface area contributed by atoms with E-state index in [1.54, 1.807) is 10.6 Å². The van der Waals surface area contributed by atoms with Gasteiger partial charge in [-0.05, 0) is 44.2 Å². The molecule has 2 saturated carbocycles. The Bertz CT molecular complexity index is 1030. The van der Waals surface area contributed by atoms with Crippen molar-refractivity contribution in [2.75, 3.05) is 5.32 Å². The predicted molar refractivity (Wildman–Crippen MR) is 116 cm³/mol. The molecule has 2 aliphatic rings. The molecule has 1 aromatic carbocycles. The monoisotopic (exact) mass is 415 g/mol. The van der Waals surface area contributed by atoms with Gasteiger partial charge in [0.15, 0.2) is 0 Å². The third-order valence-electron chi connectivity index (χ3n) is 6.62. The average Bonchev–Trinajstić information content (AvgIpc) is 3.27. The summed E-state index contributed by atoms with van der Waals surface area (Å²) in [5, 5.41) is 3.55. The molecule has 0 atom stereocenters. The number of nitrogens with one attached hydrogen (secondary N) is 1. The summed E-state index contributed by atoms with van der Waals surface area (Å²) in [6.07, 6.45) is 10.8. The standard InChI is InChI=1S/C23H30FN3O3/c24-19-14-18-21(15-20(19)25-16-8-2-1-3-9-16)27(17-10-4-5-11-17)23(30)26(22(18)29)12-6-7-13-28/h13-17,25H,1-12H2. The minimum Gasteiger partial charge on any atom is -0.380 e. The van der Waals surface area contributed by atoms with Gasteiger partial charge >= 0.3 is 5.69 Å². The van der Waals surface area contributed by atoms with Gasteiger partial charge in [-0.25, -0.2) is 9.18 Å². The van der Waals surface area contributed by atoms with Crippen molar-refractivity contribution in [3.63, 3.8) is 0 Å². The van der Waals surface area contributed by atoms with Crippen LogP contribution in [0.25, 0.3) is 10.9 Å². The van der Waals surface area contributed by atoms with Crippen molar-refractivity contribution < 1.29 is 9.18 Å². The number of anilines is 1. The summed E-state index contributed by atoms with van der Waals surface area (Å²) in [7, 11) is 0. The number of fused-ring (bicyclic) bond motifs is 1. The molecule has 2 aliphatic carbocycles. The van der Waals surface area contributed by atoms with Crippen molar-refractivity contribution in [2.45, 2.75) is 89.3 Å². The number of aldehydes is 1. The number of unbranched alkanes of at least 4 members (excludes halogenated alkanes) is 1. The van der Waals surface area contributed by atoms with Crippen LogP contribution in [0, 0.1) is 5.82 Å². The molecule has 2 aromatic rings. The van der Waals surface area contributed by atoms with E-state index in [1.165, 1.54) is 17.1 Å². The molecule has 30 heavy (non-hydrogen) atoms. The normalized spacial score (nSPS) is 18.2. The van der Waals surface area contributed by atoms with Crippen LogP contribution in [0.5, 0.6) is 0 Å². The first-order valence-corrected chi connectivity index (χ1v) is 11.3. The fraction of sp³-hybridized carbons (Fsp3) is 0.609. The van der Waals surface area contributed by atoms with Gasteiger partial charge in [0.25, 0.3) is 5.56 Å². The van der Waals surface area contributed by atoms with Crippen molar-refractivity contribution in [2.24, 2.45) is 0 Å². The first-order chi connectivity index (χ1) is 14.6. The predicted octanol–water partition coefficient (Wildman–Crippen LogP) is 4.14. The number of hydrogen-bond donors (Lipinski definition) is 1. The van der Waals surface area contributed by atoms with Gasteiger partial charge in [0.1, 0.15) is 12.1 Å². The summed E-state index contributed by atoms with van der Waals surface area (Å²) in [5.41, 5.74) is 0.0701. The van der Waals surface area contributed by atoms with Gasteiger partial charge in [0, 0.05) is 25.0 Å². The van der Waals surface area contributed by atoms with E-state index >= 15 is 0 Å². The quantitative estimate of drug-likeness (QED) is 0.545. The topological polar surface area (TPSA) is 73.1 Å². The molecule has 162 valence electrons. The summed E-state index contributed by atoms with van der Waals surface area (Å²) in [6.45, 7) is 0.169. The van der Waals surface area contributed by atoms with Crippen LogP contribution in [0.2, 0.25) is 0 Å². The molecule has 4 rings (SSSR count). The van der Waals surface area contributed by atoms with E-state index in [0.717, 1.165) is 57.7 Å².